The summed E-state index contributed by atoms with van der Waals surface area (Å²) in [5.74, 6) is -1.94. The second-order valence-corrected chi connectivity index (χ2v) is 10.1. The van der Waals surface area contributed by atoms with Gasteiger partial charge < -0.3 is 24.9 Å². The number of nitrogens with zero attached hydrogens (tertiary/aromatic N) is 1. The molecule has 0 bridgehead atoms. The number of rotatable bonds is 19. The fourth-order valence-electron chi connectivity index (χ4n) is 4.85. The monoisotopic (exact) mass is 607 g/mol. The van der Waals surface area contributed by atoms with E-state index in [0.29, 0.717) is 30.6 Å². The zero-order valence-corrected chi connectivity index (χ0v) is 25.4. The summed E-state index contributed by atoms with van der Waals surface area (Å²) >= 11 is 0. The molecule has 3 aromatic rings. The Morgan fingerprint density at radius 2 is 1.77 bits per heavy atom. The van der Waals surface area contributed by atoms with Crippen LogP contribution in [0.4, 0.5) is 0 Å². The highest BCUT2D eigenvalue weighted by Crippen LogP contribution is 2.29. The van der Waals surface area contributed by atoms with Crippen LogP contribution in [0.15, 0.2) is 65.1 Å². The summed E-state index contributed by atoms with van der Waals surface area (Å²) in [5.41, 5.74) is 1.46. The average Bonchev–Trinajstić information content (AvgIpc) is 3.53. The molecule has 0 aliphatic heterocycles. The Morgan fingerprint density at radius 1 is 1.00 bits per heavy atom. The minimum Gasteiger partial charge on any atom is -0.493 e. The molecule has 11 heteroatoms. The number of ether oxygens (including phenoxy) is 1. The van der Waals surface area contributed by atoms with Crippen molar-refractivity contribution >= 4 is 24.2 Å². The molecule has 2 atom stereocenters. The molecule has 2 aromatic carbocycles. The van der Waals surface area contributed by atoms with Gasteiger partial charge in [0, 0.05) is 5.56 Å². The van der Waals surface area contributed by atoms with Gasteiger partial charge in [0.25, 0.3) is 5.91 Å². The van der Waals surface area contributed by atoms with Crippen molar-refractivity contribution in [3.8, 4) is 17.1 Å². The SMILES string of the molecule is CCCCCC(C(=O)NCNC(=O)c1ccc(-c2ccc(C(=O)O)c(OCC)c2)o1)C(CC)N(C=O)OCc1ccccc1. The van der Waals surface area contributed by atoms with Gasteiger partial charge in [0.2, 0.25) is 12.3 Å². The van der Waals surface area contributed by atoms with E-state index in [-0.39, 0.29) is 42.9 Å². The lowest BCUT2D eigenvalue weighted by molar-refractivity contribution is -0.200. The molecule has 3 rings (SSSR count). The Morgan fingerprint density at radius 3 is 2.43 bits per heavy atom. The van der Waals surface area contributed by atoms with Crippen molar-refractivity contribution in [2.45, 2.75) is 65.5 Å². The minimum atomic E-state index is -1.11. The normalized spacial score (nSPS) is 12.2. The number of hydrogen-bond acceptors (Lipinski definition) is 7. The van der Waals surface area contributed by atoms with Crippen LogP contribution >= 0.6 is 0 Å². The molecule has 44 heavy (non-hydrogen) atoms. The number of unbranched alkanes of at least 4 members (excludes halogenated alkanes) is 2. The van der Waals surface area contributed by atoms with Crippen LogP contribution in [0, 0.1) is 5.92 Å². The Bertz CT molecular complexity index is 1370. The third kappa shape index (κ3) is 9.43. The van der Waals surface area contributed by atoms with Gasteiger partial charge in [-0.15, -0.1) is 0 Å². The first kappa shape index (κ1) is 33.9. The number of hydrogen-bond donors (Lipinski definition) is 3. The van der Waals surface area contributed by atoms with Gasteiger partial charge in [-0.2, -0.15) is 0 Å². The summed E-state index contributed by atoms with van der Waals surface area (Å²) in [6, 6.07) is 16.6. The molecule has 0 radical (unpaired) electrons. The van der Waals surface area contributed by atoms with Crippen LogP contribution in [0.1, 0.15) is 79.4 Å². The summed E-state index contributed by atoms with van der Waals surface area (Å²) in [4.78, 5) is 55.5. The molecular formula is C33H41N3O8. The molecule has 3 N–H and O–H groups in total. The van der Waals surface area contributed by atoms with E-state index >= 15 is 0 Å². The maximum absolute atomic E-state index is 13.4. The Balaban J connectivity index is 1.63. The van der Waals surface area contributed by atoms with Gasteiger partial charge in [-0.25, -0.2) is 9.86 Å². The standard InChI is InChI=1S/C33H41N3O8/c1-4-7-9-14-25(27(5-2)36(22-37)43-20-23-12-10-8-11-13-23)31(38)34-21-35-32(39)29-18-17-28(44-29)24-15-16-26(33(40)41)30(19-24)42-6-3/h8,10-13,15-19,22,25,27H,4-7,9,14,20-21H2,1-3H3,(H,34,38)(H,35,39)(H,40,41). The molecule has 0 spiro atoms. The fraction of sp³-hybridized carbons (Fsp3) is 0.394. The molecule has 3 amide bonds. The van der Waals surface area contributed by atoms with E-state index in [1.807, 2.05) is 37.3 Å². The molecule has 1 aromatic heterocycles. The number of furan rings is 1. The molecule has 0 aliphatic rings. The summed E-state index contributed by atoms with van der Waals surface area (Å²) in [6.07, 6.45) is 4.38. The van der Waals surface area contributed by atoms with Gasteiger partial charge in [0.15, 0.2) is 5.76 Å². The van der Waals surface area contributed by atoms with Crippen molar-refractivity contribution in [1.29, 1.82) is 0 Å². The molecule has 11 nitrogen and oxygen atoms in total. The number of hydroxylamine groups is 2. The maximum atomic E-state index is 13.4. The van der Waals surface area contributed by atoms with Crippen LogP contribution in [-0.2, 0) is 21.0 Å². The number of carbonyl (C=O) groups is 4. The van der Waals surface area contributed by atoms with Gasteiger partial charge >= 0.3 is 5.97 Å². The maximum Gasteiger partial charge on any atom is 0.339 e. The smallest absolute Gasteiger partial charge is 0.339 e. The van der Waals surface area contributed by atoms with E-state index < -0.39 is 23.8 Å². The molecule has 2 unspecified atom stereocenters. The van der Waals surface area contributed by atoms with Crippen LogP contribution in [0.5, 0.6) is 5.75 Å². The third-order valence-corrected chi connectivity index (χ3v) is 7.13. The summed E-state index contributed by atoms with van der Waals surface area (Å²) in [6.45, 7) is 6.05. The van der Waals surface area contributed by atoms with Crippen LogP contribution < -0.4 is 15.4 Å². The van der Waals surface area contributed by atoms with Gasteiger partial charge in [0.05, 0.1) is 25.2 Å². The van der Waals surface area contributed by atoms with E-state index in [1.54, 1.807) is 25.1 Å². The summed E-state index contributed by atoms with van der Waals surface area (Å²) in [5, 5.41) is 16.0. The number of nitrogens with one attached hydrogen (secondary N) is 2. The second kappa shape index (κ2) is 17.5. The number of amides is 3. The van der Waals surface area contributed by atoms with Crippen LogP contribution in [-0.4, -0.2) is 53.7 Å². The van der Waals surface area contributed by atoms with E-state index in [2.05, 4.69) is 17.6 Å². The van der Waals surface area contributed by atoms with Crippen molar-refractivity contribution < 1.29 is 38.3 Å². The molecule has 0 saturated carbocycles. The molecule has 0 fully saturated rings. The molecular weight excluding hydrogens is 566 g/mol. The fourth-order valence-corrected chi connectivity index (χ4v) is 4.85. The van der Waals surface area contributed by atoms with E-state index in [4.69, 9.17) is 14.0 Å². The largest absolute Gasteiger partial charge is 0.493 e. The van der Waals surface area contributed by atoms with Crippen LogP contribution in [0.25, 0.3) is 11.3 Å². The molecule has 236 valence electrons. The Hall–Kier alpha value is -4.64. The van der Waals surface area contributed by atoms with Gasteiger partial charge in [-0.1, -0.05) is 69.5 Å². The lowest BCUT2D eigenvalue weighted by Crippen LogP contribution is -2.48. The summed E-state index contributed by atoms with van der Waals surface area (Å²) < 4.78 is 11.2. The first-order chi connectivity index (χ1) is 21.3. The van der Waals surface area contributed by atoms with Crippen molar-refractivity contribution in [2.24, 2.45) is 5.92 Å². The van der Waals surface area contributed by atoms with Crippen LogP contribution in [0.2, 0.25) is 0 Å². The number of aromatic carboxylic acids is 1. The quantitative estimate of drug-likeness (QED) is 0.0709. The second-order valence-electron chi connectivity index (χ2n) is 10.1. The van der Waals surface area contributed by atoms with E-state index in [9.17, 15) is 24.3 Å². The van der Waals surface area contributed by atoms with Crippen molar-refractivity contribution in [3.63, 3.8) is 0 Å². The van der Waals surface area contributed by atoms with Crippen molar-refractivity contribution in [1.82, 2.24) is 15.7 Å². The van der Waals surface area contributed by atoms with Gasteiger partial charge in [-0.3, -0.25) is 19.2 Å². The van der Waals surface area contributed by atoms with Crippen molar-refractivity contribution in [2.75, 3.05) is 13.3 Å². The number of carboxylic acids is 1. The van der Waals surface area contributed by atoms with E-state index in [1.165, 1.54) is 17.2 Å². The third-order valence-electron chi connectivity index (χ3n) is 7.13. The Kier molecular flexibility index (Phi) is 13.4. The highest BCUT2D eigenvalue weighted by Gasteiger charge is 2.32. The molecule has 0 aliphatic carbocycles. The first-order valence-corrected chi connectivity index (χ1v) is 14.9. The molecule has 1 heterocycles. The zero-order valence-electron chi connectivity index (χ0n) is 25.4. The highest BCUT2D eigenvalue weighted by molar-refractivity contribution is 5.93. The van der Waals surface area contributed by atoms with Gasteiger partial charge in [-0.05, 0) is 49.6 Å². The minimum absolute atomic E-state index is 0.0156. The Labute approximate surface area is 257 Å². The summed E-state index contributed by atoms with van der Waals surface area (Å²) in [7, 11) is 0. The number of carboxylic acid groups (broad SMARTS) is 1. The average molecular weight is 608 g/mol. The van der Waals surface area contributed by atoms with E-state index in [0.717, 1.165) is 24.8 Å². The van der Waals surface area contributed by atoms with Crippen LogP contribution in [0.3, 0.4) is 0 Å². The van der Waals surface area contributed by atoms with Gasteiger partial charge in [0.1, 0.15) is 23.7 Å². The lowest BCUT2D eigenvalue weighted by Gasteiger charge is -2.32. The number of carbonyl (C=O) groups excluding carboxylic acids is 3. The number of benzene rings is 2. The zero-order chi connectivity index (χ0) is 31.9. The predicted octanol–water partition coefficient (Wildman–Crippen LogP) is 5.41. The highest BCUT2D eigenvalue weighted by atomic mass is 16.7. The topological polar surface area (TPSA) is 147 Å². The molecule has 0 saturated heterocycles. The lowest BCUT2D eigenvalue weighted by atomic mass is 9.90. The predicted molar refractivity (Wildman–Crippen MR) is 164 cm³/mol. The first-order valence-electron chi connectivity index (χ1n) is 14.9. The van der Waals surface area contributed by atoms with Crippen molar-refractivity contribution in [3.05, 3.63) is 77.6 Å².